The van der Waals surface area contributed by atoms with E-state index in [1.165, 1.54) is 0 Å². The topological polar surface area (TPSA) is 29.1 Å². The van der Waals surface area contributed by atoms with Crippen molar-refractivity contribution >= 4 is 5.91 Å². The summed E-state index contributed by atoms with van der Waals surface area (Å²) in [5, 5.41) is 2.57. The molecule has 0 heterocycles. The van der Waals surface area contributed by atoms with Gasteiger partial charge in [-0.15, -0.1) is 0 Å². The van der Waals surface area contributed by atoms with Gasteiger partial charge in [0.15, 0.2) is 11.6 Å². The van der Waals surface area contributed by atoms with Crippen LogP contribution in [0.5, 0.6) is 0 Å². The molecule has 0 radical (unpaired) electrons. The predicted molar refractivity (Wildman–Crippen MR) is 71.4 cm³/mol. The van der Waals surface area contributed by atoms with E-state index in [9.17, 15) is 18.0 Å². The van der Waals surface area contributed by atoms with Crippen molar-refractivity contribution in [1.82, 2.24) is 5.32 Å². The molecular formula is C16H12F3NO. The Morgan fingerprint density at radius 3 is 2.14 bits per heavy atom. The Morgan fingerprint density at radius 1 is 0.952 bits per heavy atom. The van der Waals surface area contributed by atoms with Gasteiger partial charge >= 0.3 is 0 Å². The third kappa shape index (κ3) is 2.51. The molecule has 0 fully saturated rings. The van der Waals surface area contributed by atoms with Crippen LogP contribution in [0.4, 0.5) is 13.2 Å². The van der Waals surface area contributed by atoms with E-state index in [0.29, 0.717) is 18.9 Å². The zero-order valence-electron chi connectivity index (χ0n) is 11.0. The van der Waals surface area contributed by atoms with Gasteiger partial charge in [-0.3, -0.25) is 4.79 Å². The van der Waals surface area contributed by atoms with Gasteiger partial charge in [-0.25, -0.2) is 13.2 Å². The summed E-state index contributed by atoms with van der Waals surface area (Å²) < 4.78 is 40.3. The molecular weight excluding hydrogens is 279 g/mol. The lowest BCUT2D eigenvalue weighted by Gasteiger charge is -2.13. The molecule has 0 saturated carbocycles. The lowest BCUT2D eigenvalue weighted by molar-refractivity contribution is 0.0929. The second-order valence-electron chi connectivity index (χ2n) is 5.07. The first-order valence-corrected chi connectivity index (χ1v) is 6.57. The molecule has 0 saturated heterocycles. The summed E-state index contributed by atoms with van der Waals surface area (Å²) in [4.78, 5) is 12.0. The Morgan fingerprint density at radius 2 is 1.52 bits per heavy atom. The third-order valence-electron chi connectivity index (χ3n) is 3.66. The van der Waals surface area contributed by atoms with Crippen molar-refractivity contribution in [3.8, 4) is 0 Å². The van der Waals surface area contributed by atoms with E-state index in [-0.39, 0.29) is 6.04 Å². The predicted octanol–water partition coefficient (Wildman–Crippen LogP) is 3.00. The monoisotopic (exact) mass is 291 g/mol. The second-order valence-corrected chi connectivity index (χ2v) is 5.07. The van der Waals surface area contributed by atoms with Crippen molar-refractivity contribution in [2.75, 3.05) is 0 Å². The van der Waals surface area contributed by atoms with Gasteiger partial charge in [-0.2, -0.15) is 0 Å². The van der Waals surface area contributed by atoms with Crippen LogP contribution in [-0.2, 0) is 12.8 Å². The van der Waals surface area contributed by atoms with Gasteiger partial charge in [0.25, 0.3) is 5.91 Å². The van der Waals surface area contributed by atoms with Crippen molar-refractivity contribution in [3.05, 3.63) is 70.5 Å². The molecule has 21 heavy (non-hydrogen) atoms. The Labute approximate surface area is 119 Å². The average Bonchev–Trinajstić information content (AvgIpc) is 2.85. The van der Waals surface area contributed by atoms with Crippen molar-refractivity contribution in [3.63, 3.8) is 0 Å². The molecule has 0 atom stereocenters. The molecule has 0 spiro atoms. The molecule has 0 aliphatic heterocycles. The minimum Gasteiger partial charge on any atom is -0.348 e. The summed E-state index contributed by atoms with van der Waals surface area (Å²) in [6, 6.07) is 8.86. The smallest absolute Gasteiger partial charge is 0.257 e. The van der Waals surface area contributed by atoms with E-state index in [1.807, 2.05) is 24.3 Å². The first kappa shape index (κ1) is 13.7. The van der Waals surface area contributed by atoms with Crippen LogP contribution in [0.1, 0.15) is 21.5 Å². The number of nitrogens with one attached hydrogen (secondary N) is 1. The molecule has 1 aliphatic carbocycles. The summed E-state index contributed by atoms with van der Waals surface area (Å²) in [7, 11) is 0. The lowest BCUT2D eigenvalue weighted by Crippen LogP contribution is -2.36. The molecule has 2 aromatic carbocycles. The van der Waals surface area contributed by atoms with Crippen LogP contribution >= 0.6 is 0 Å². The number of fused-ring (bicyclic) bond motifs is 1. The highest BCUT2D eigenvalue weighted by Gasteiger charge is 2.26. The standard InChI is InChI=1S/C16H12F3NO/c17-12-5-6-13(18)15(19)14(12)16(21)20-11-7-9-3-1-2-4-10(9)8-11/h1-6,11H,7-8H2,(H,20,21). The van der Waals surface area contributed by atoms with E-state index in [0.717, 1.165) is 17.2 Å². The van der Waals surface area contributed by atoms with Gasteiger partial charge in [0.2, 0.25) is 0 Å². The summed E-state index contributed by atoms with van der Waals surface area (Å²) in [5.41, 5.74) is 1.33. The zero-order chi connectivity index (χ0) is 15.0. The minimum absolute atomic E-state index is 0.239. The van der Waals surface area contributed by atoms with Gasteiger partial charge in [-0.1, -0.05) is 24.3 Å². The number of amides is 1. The highest BCUT2D eigenvalue weighted by Crippen LogP contribution is 2.22. The van der Waals surface area contributed by atoms with Crippen LogP contribution in [0.25, 0.3) is 0 Å². The largest absolute Gasteiger partial charge is 0.348 e. The zero-order valence-corrected chi connectivity index (χ0v) is 11.0. The van der Waals surface area contributed by atoms with Gasteiger partial charge in [0.05, 0.1) is 0 Å². The van der Waals surface area contributed by atoms with E-state index in [1.54, 1.807) is 0 Å². The van der Waals surface area contributed by atoms with Crippen LogP contribution in [-0.4, -0.2) is 11.9 Å². The van der Waals surface area contributed by atoms with Crippen molar-refractivity contribution in [1.29, 1.82) is 0 Å². The molecule has 1 N–H and O–H groups in total. The van der Waals surface area contributed by atoms with Crippen molar-refractivity contribution < 1.29 is 18.0 Å². The summed E-state index contributed by atoms with van der Waals surface area (Å²) in [5.74, 6) is -4.69. The first-order valence-electron chi connectivity index (χ1n) is 6.57. The molecule has 0 bridgehead atoms. The number of carbonyl (C=O) groups is 1. The molecule has 2 nitrogen and oxygen atoms in total. The quantitative estimate of drug-likeness (QED) is 0.847. The van der Waals surface area contributed by atoms with E-state index in [4.69, 9.17) is 0 Å². The van der Waals surface area contributed by atoms with Gasteiger partial charge < -0.3 is 5.32 Å². The van der Waals surface area contributed by atoms with Gasteiger partial charge in [-0.05, 0) is 36.1 Å². The minimum atomic E-state index is -1.46. The molecule has 0 unspecified atom stereocenters. The number of carbonyl (C=O) groups excluding carboxylic acids is 1. The molecule has 1 aliphatic rings. The number of benzene rings is 2. The molecule has 5 heteroatoms. The van der Waals surface area contributed by atoms with Gasteiger partial charge in [0.1, 0.15) is 11.4 Å². The Hall–Kier alpha value is -2.30. The molecule has 2 aromatic rings. The highest BCUT2D eigenvalue weighted by molar-refractivity contribution is 5.95. The molecule has 3 rings (SSSR count). The van der Waals surface area contributed by atoms with Crippen molar-refractivity contribution in [2.24, 2.45) is 0 Å². The second kappa shape index (κ2) is 5.24. The molecule has 0 aromatic heterocycles. The Balaban J connectivity index is 1.79. The number of rotatable bonds is 2. The summed E-state index contributed by atoms with van der Waals surface area (Å²) >= 11 is 0. The van der Waals surface area contributed by atoms with Crippen LogP contribution in [0.3, 0.4) is 0 Å². The maximum absolute atomic E-state index is 13.6. The first-order chi connectivity index (χ1) is 10.1. The molecule has 108 valence electrons. The van der Waals surface area contributed by atoms with Gasteiger partial charge in [0, 0.05) is 6.04 Å². The maximum atomic E-state index is 13.6. The SMILES string of the molecule is O=C(NC1Cc2ccccc2C1)c1c(F)ccc(F)c1F. The molecule has 1 amide bonds. The lowest BCUT2D eigenvalue weighted by atomic mass is 10.1. The maximum Gasteiger partial charge on any atom is 0.257 e. The Bertz CT molecular complexity index is 690. The van der Waals surface area contributed by atoms with Crippen LogP contribution in [0, 0.1) is 17.5 Å². The summed E-state index contributed by atoms with van der Waals surface area (Å²) in [6.45, 7) is 0. The number of hydrogen-bond donors (Lipinski definition) is 1. The van der Waals surface area contributed by atoms with Crippen LogP contribution in [0.2, 0.25) is 0 Å². The fourth-order valence-corrected chi connectivity index (χ4v) is 2.65. The fraction of sp³-hybridized carbons (Fsp3) is 0.188. The van der Waals surface area contributed by atoms with Crippen LogP contribution in [0.15, 0.2) is 36.4 Å². The van der Waals surface area contributed by atoms with Crippen molar-refractivity contribution in [2.45, 2.75) is 18.9 Å². The average molecular weight is 291 g/mol. The van der Waals surface area contributed by atoms with Crippen LogP contribution < -0.4 is 5.32 Å². The summed E-state index contributed by atoms with van der Waals surface area (Å²) in [6.07, 6.45) is 1.20. The van der Waals surface area contributed by atoms with E-state index < -0.39 is 28.9 Å². The normalized spacial score (nSPS) is 14.0. The van der Waals surface area contributed by atoms with E-state index in [2.05, 4.69) is 5.32 Å². The number of hydrogen-bond acceptors (Lipinski definition) is 1. The number of halogens is 3. The fourth-order valence-electron chi connectivity index (χ4n) is 2.65. The van der Waals surface area contributed by atoms with E-state index >= 15 is 0 Å². The third-order valence-corrected chi connectivity index (χ3v) is 3.66. The highest BCUT2D eigenvalue weighted by atomic mass is 19.2. The Kier molecular flexibility index (Phi) is 3.41.